The van der Waals surface area contributed by atoms with Crippen molar-refractivity contribution in [2.75, 3.05) is 33.0 Å². The molecule has 0 aromatic carbocycles. The van der Waals surface area contributed by atoms with Crippen LogP contribution in [0, 0.1) is 23.2 Å². The molecule has 2 heterocycles. The summed E-state index contributed by atoms with van der Waals surface area (Å²) in [5, 5.41) is 11.8. The maximum Gasteiger partial charge on any atom is 0.307 e. The van der Waals surface area contributed by atoms with Crippen molar-refractivity contribution in [1.29, 1.82) is 0 Å². The summed E-state index contributed by atoms with van der Waals surface area (Å²) in [6.45, 7) is 6.59. The molecule has 1 saturated carbocycles. The minimum atomic E-state index is -0.893. The van der Waals surface area contributed by atoms with Crippen LogP contribution in [-0.4, -0.2) is 55.7 Å². The lowest BCUT2D eigenvalue weighted by Gasteiger charge is -2.38. The Balaban J connectivity index is 1.57. The molecule has 3 fully saturated rings. The number of carbonyl (C=O) groups excluding carboxylic acids is 1. The summed E-state index contributed by atoms with van der Waals surface area (Å²) in [5.41, 5.74) is -0.274. The van der Waals surface area contributed by atoms with Gasteiger partial charge in [0.05, 0.1) is 31.7 Å². The number of hydrogen-bond acceptors (Lipinski definition) is 5. The first-order valence-corrected chi connectivity index (χ1v) is 7.72. The van der Waals surface area contributed by atoms with Crippen molar-refractivity contribution in [2.45, 2.75) is 26.1 Å². The van der Waals surface area contributed by atoms with E-state index < -0.39 is 17.7 Å². The number of carbonyl (C=O) groups is 2. The Bertz CT molecular complexity index is 465. The quantitative estimate of drug-likeness (QED) is 0.755. The van der Waals surface area contributed by atoms with Gasteiger partial charge in [-0.2, -0.15) is 0 Å². The Hall–Kier alpha value is -1.18. The fourth-order valence-electron chi connectivity index (χ4n) is 3.45. The highest BCUT2D eigenvalue weighted by atomic mass is 16.8. The molecule has 2 aliphatic heterocycles. The van der Waals surface area contributed by atoms with Gasteiger partial charge in [-0.05, 0) is 11.8 Å². The topological polar surface area (TPSA) is 94.1 Å². The zero-order chi connectivity index (χ0) is 16.0. The van der Waals surface area contributed by atoms with Crippen LogP contribution < -0.4 is 5.32 Å². The van der Waals surface area contributed by atoms with E-state index >= 15 is 0 Å². The van der Waals surface area contributed by atoms with Crippen molar-refractivity contribution in [1.82, 2.24) is 5.32 Å². The Morgan fingerprint density at radius 2 is 1.95 bits per heavy atom. The highest BCUT2D eigenvalue weighted by Crippen LogP contribution is 2.44. The van der Waals surface area contributed by atoms with E-state index in [2.05, 4.69) is 5.32 Å². The van der Waals surface area contributed by atoms with Crippen molar-refractivity contribution in [3.8, 4) is 0 Å². The lowest BCUT2D eigenvalue weighted by atomic mass is 9.75. The zero-order valence-corrected chi connectivity index (χ0v) is 13.0. The van der Waals surface area contributed by atoms with E-state index in [9.17, 15) is 9.59 Å². The number of ether oxygens (including phenoxy) is 3. The monoisotopic (exact) mass is 313 g/mol. The van der Waals surface area contributed by atoms with Crippen LogP contribution in [0.15, 0.2) is 0 Å². The molecule has 0 aromatic rings. The van der Waals surface area contributed by atoms with Crippen molar-refractivity contribution >= 4 is 11.9 Å². The second-order valence-electron chi connectivity index (χ2n) is 7.07. The maximum absolute atomic E-state index is 12.0. The summed E-state index contributed by atoms with van der Waals surface area (Å²) >= 11 is 0. The van der Waals surface area contributed by atoms with Crippen LogP contribution in [0.1, 0.15) is 20.3 Å². The minimum Gasteiger partial charge on any atom is -0.481 e. The molecule has 0 radical (unpaired) electrons. The first kappa shape index (κ1) is 15.7. The largest absolute Gasteiger partial charge is 0.481 e. The van der Waals surface area contributed by atoms with Gasteiger partial charge < -0.3 is 24.6 Å². The van der Waals surface area contributed by atoms with Gasteiger partial charge in [-0.3, -0.25) is 9.59 Å². The lowest BCUT2D eigenvalue weighted by Crippen LogP contribution is -2.50. The third-order valence-corrected chi connectivity index (χ3v) is 5.00. The van der Waals surface area contributed by atoms with Gasteiger partial charge in [-0.25, -0.2) is 0 Å². The van der Waals surface area contributed by atoms with Crippen molar-refractivity contribution in [2.24, 2.45) is 23.2 Å². The van der Waals surface area contributed by atoms with E-state index in [-0.39, 0.29) is 23.2 Å². The zero-order valence-electron chi connectivity index (χ0n) is 13.0. The fourth-order valence-corrected chi connectivity index (χ4v) is 3.45. The molecular weight excluding hydrogens is 290 g/mol. The highest BCUT2D eigenvalue weighted by Gasteiger charge is 2.55. The second-order valence-corrected chi connectivity index (χ2v) is 7.07. The minimum absolute atomic E-state index is 0.0253. The number of carboxylic acid groups (broad SMARTS) is 1. The molecule has 0 aromatic heterocycles. The molecule has 0 bridgehead atoms. The van der Waals surface area contributed by atoms with Crippen molar-refractivity contribution < 1.29 is 28.9 Å². The van der Waals surface area contributed by atoms with Crippen LogP contribution >= 0.6 is 0 Å². The molecule has 1 unspecified atom stereocenters. The summed E-state index contributed by atoms with van der Waals surface area (Å²) in [4.78, 5) is 22.9. The van der Waals surface area contributed by atoms with Crippen LogP contribution in [-0.2, 0) is 23.8 Å². The molecule has 7 heteroatoms. The molecule has 1 spiro atoms. The van der Waals surface area contributed by atoms with E-state index in [1.807, 2.05) is 13.8 Å². The number of hydrogen-bond donors (Lipinski definition) is 2. The molecule has 22 heavy (non-hydrogen) atoms. The molecule has 124 valence electrons. The molecule has 3 rings (SSSR count). The molecule has 3 atom stereocenters. The number of nitrogens with one attached hydrogen (secondary N) is 1. The van der Waals surface area contributed by atoms with Gasteiger partial charge in [-0.1, -0.05) is 13.8 Å². The number of rotatable bonds is 5. The molecule has 3 aliphatic rings. The summed E-state index contributed by atoms with van der Waals surface area (Å²) in [6, 6.07) is 0. The lowest BCUT2D eigenvalue weighted by molar-refractivity contribution is -0.197. The van der Waals surface area contributed by atoms with E-state index in [1.54, 1.807) is 0 Å². The number of aliphatic carboxylic acids is 1. The summed E-state index contributed by atoms with van der Waals surface area (Å²) < 4.78 is 17.1. The predicted molar refractivity (Wildman–Crippen MR) is 75.0 cm³/mol. The molecule has 2 saturated heterocycles. The van der Waals surface area contributed by atoms with Crippen LogP contribution in [0.2, 0.25) is 0 Å². The average Bonchev–Trinajstić information content (AvgIpc) is 2.97. The standard InChI is InChI=1S/C15H23NO6/c1-14(2,7-16-12(17)9-5-10(9)13(18)19)11-6-20-8-15(11)21-3-4-22-15/h9-11H,3-8H2,1-2H3,(H,16,17)(H,18,19)/t9-,10+,11?/m1/s1. The van der Waals surface area contributed by atoms with Crippen LogP contribution in [0.25, 0.3) is 0 Å². The van der Waals surface area contributed by atoms with Gasteiger partial charge in [0, 0.05) is 12.5 Å². The molecule has 1 aliphatic carbocycles. The van der Waals surface area contributed by atoms with Gasteiger partial charge in [-0.15, -0.1) is 0 Å². The third kappa shape index (κ3) is 2.73. The fraction of sp³-hybridized carbons (Fsp3) is 0.867. The summed E-state index contributed by atoms with van der Waals surface area (Å²) in [5.74, 6) is -2.65. The molecule has 2 N–H and O–H groups in total. The molecular formula is C15H23NO6. The molecule has 1 amide bonds. The van der Waals surface area contributed by atoms with Crippen molar-refractivity contribution in [3.63, 3.8) is 0 Å². The number of carboxylic acids is 1. The van der Waals surface area contributed by atoms with Gasteiger partial charge in [0.25, 0.3) is 0 Å². The van der Waals surface area contributed by atoms with E-state index in [0.29, 0.717) is 39.4 Å². The smallest absolute Gasteiger partial charge is 0.307 e. The Morgan fingerprint density at radius 3 is 2.55 bits per heavy atom. The normalized spacial score (nSPS) is 33.1. The number of amides is 1. The van der Waals surface area contributed by atoms with E-state index in [1.165, 1.54) is 0 Å². The van der Waals surface area contributed by atoms with Crippen LogP contribution in [0.5, 0.6) is 0 Å². The van der Waals surface area contributed by atoms with Gasteiger partial charge in [0.15, 0.2) is 5.79 Å². The van der Waals surface area contributed by atoms with Crippen LogP contribution in [0.3, 0.4) is 0 Å². The summed E-state index contributed by atoms with van der Waals surface area (Å²) in [6.07, 6.45) is 0.435. The Labute approximate surface area is 129 Å². The van der Waals surface area contributed by atoms with Crippen LogP contribution in [0.4, 0.5) is 0 Å². The molecule has 7 nitrogen and oxygen atoms in total. The van der Waals surface area contributed by atoms with E-state index in [4.69, 9.17) is 19.3 Å². The van der Waals surface area contributed by atoms with Gasteiger partial charge in [0.1, 0.15) is 6.61 Å². The Morgan fingerprint density at radius 1 is 1.27 bits per heavy atom. The third-order valence-electron chi connectivity index (χ3n) is 5.00. The highest BCUT2D eigenvalue weighted by molar-refractivity contribution is 5.89. The predicted octanol–water partition coefficient (Wildman–Crippen LogP) is 0.239. The van der Waals surface area contributed by atoms with Gasteiger partial charge in [0.2, 0.25) is 5.91 Å². The van der Waals surface area contributed by atoms with E-state index in [0.717, 1.165) is 0 Å². The second kappa shape index (κ2) is 5.47. The average molecular weight is 313 g/mol. The maximum atomic E-state index is 12.0. The first-order chi connectivity index (χ1) is 10.4. The SMILES string of the molecule is CC(C)(CNC(=O)[C@@H]1C[C@@H]1C(=O)O)C1COCC12OCCO2. The Kier molecular flexibility index (Phi) is 3.91. The van der Waals surface area contributed by atoms with Crippen molar-refractivity contribution in [3.05, 3.63) is 0 Å². The first-order valence-electron chi connectivity index (χ1n) is 7.72. The summed E-state index contributed by atoms with van der Waals surface area (Å²) in [7, 11) is 0. The van der Waals surface area contributed by atoms with Gasteiger partial charge >= 0.3 is 5.97 Å².